The number of rotatable bonds is 11. The second kappa shape index (κ2) is 10.5. The lowest BCUT2D eigenvalue weighted by molar-refractivity contribution is 0.0544. The maximum atomic E-state index is 10.9. The fourth-order valence-electron chi connectivity index (χ4n) is 2.78. The first-order valence-electron chi connectivity index (χ1n) is 9.34. The highest BCUT2D eigenvalue weighted by Gasteiger charge is 2.04. The molecule has 3 aromatic carbocycles. The zero-order chi connectivity index (χ0) is 20.5. The van der Waals surface area contributed by atoms with Gasteiger partial charge in [-0.2, -0.15) is 0 Å². The predicted molar refractivity (Wildman–Crippen MR) is 110 cm³/mol. The third-order valence-corrected chi connectivity index (χ3v) is 4.31. The molecule has 29 heavy (non-hydrogen) atoms. The van der Waals surface area contributed by atoms with Crippen LogP contribution in [0.5, 0.6) is 11.5 Å². The zero-order valence-electron chi connectivity index (χ0n) is 16.3. The molecule has 0 radical (unpaired) electrons. The van der Waals surface area contributed by atoms with Crippen LogP contribution in [0, 0.1) is 0 Å². The monoisotopic (exact) mass is 396 g/mol. The first-order chi connectivity index (χ1) is 14.2. The van der Waals surface area contributed by atoms with E-state index in [0.29, 0.717) is 38.8 Å². The van der Waals surface area contributed by atoms with Crippen LogP contribution in [0.3, 0.4) is 0 Å². The van der Waals surface area contributed by atoms with E-state index in [9.17, 15) is 4.79 Å². The van der Waals surface area contributed by atoms with Crippen molar-refractivity contribution < 1.29 is 28.8 Å². The van der Waals surface area contributed by atoms with Crippen molar-refractivity contribution in [3.8, 4) is 11.5 Å². The van der Waals surface area contributed by atoms with E-state index in [4.69, 9.17) is 24.1 Å². The average molecular weight is 396 g/mol. The van der Waals surface area contributed by atoms with Gasteiger partial charge < -0.3 is 24.1 Å². The summed E-state index contributed by atoms with van der Waals surface area (Å²) in [6, 6.07) is 18.4. The Bertz CT molecular complexity index is 936. The summed E-state index contributed by atoms with van der Waals surface area (Å²) in [5.74, 6) is 0.481. The normalized spacial score (nSPS) is 10.8. The fraction of sp³-hybridized carbons (Fsp3) is 0.261. The van der Waals surface area contributed by atoms with E-state index in [-0.39, 0.29) is 5.56 Å². The van der Waals surface area contributed by atoms with Gasteiger partial charge in [-0.3, -0.25) is 0 Å². The van der Waals surface area contributed by atoms with Crippen molar-refractivity contribution in [1.82, 2.24) is 0 Å². The maximum absolute atomic E-state index is 10.9. The largest absolute Gasteiger partial charge is 0.491 e. The smallest absolute Gasteiger partial charge is 0.335 e. The summed E-state index contributed by atoms with van der Waals surface area (Å²) in [6.07, 6.45) is 0. The van der Waals surface area contributed by atoms with E-state index in [2.05, 4.69) is 6.07 Å². The van der Waals surface area contributed by atoms with E-state index in [1.165, 1.54) is 12.1 Å². The molecule has 0 aliphatic rings. The van der Waals surface area contributed by atoms with Crippen LogP contribution < -0.4 is 9.47 Å². The zero-order valence-corrected chi connectivity index (χ0v) is 16.3. The Balaban J connectivity index is 1.54. The molecule has 0 unspecified atom stereocenters. The summed E-state index contributed by atoms with van der Waals surface area (Å²) in [4.78, 5) is 10.9. The van der Waals surface area contributed by atoms with Crippen LogP contribution in [0.1, 0.15) is 15.9 Å². The van der Waals surface area contributed by atoms with E-state index in [1.54, 1.807) is 19.2 Å². The van der Waals surface area contributed by atoms with Crippen molar-refractivity contribution in [2.45, 2.75) is 6.61 Å². The second-order valence-corrected chi connectivity index (χ2v) is 6.42. The molecule has 0 aliphatic heterocycles. The average Bonchev–Trinajstić information content (AvgIpc) is 2.75. The predicted octanol–water partition coefficient (Wildman–Crippen LogP) is 4.16. The highest BCUT2D eigenvalue weighted by Crippen LogP contribution is 2.23. The Morgan fingerprint density at radius 2 is 1.48 bits per heavy atom. The first-order valence-corrected chi connectivity index (χ1v) is 9.34. The van der Waals surface area contributed by atoms with Crippen LogP contribution in [-0.4, -0.2) is 44.6 Å². The molecule has 0 aromatic heterocycles. The van der Waals surface area contributed by atoms with Crippen molar-refractivity contribution in [1.29, 1.82) is 0 Å². The number of aromatic carboxylic acids is 1. The minimum atomic E-state index is -0.951. The van der Waals surface area contributed by atoms with Gasteiger partial charge >= 0.3 is 5.97 Å². The van der Waals surface area contributed by atoms with E-state index >= 15 is 0 Å². The number of benzene rings is 3. The summed E-state index contributed by atoms with van der Waals surface area (Å²) in [6.45, 7) is 2.55. The fourth-order valence-corrected chi connectivity index (χ4v) is 2.78. The number of carbonyl (C=O) groups is 1. The first kappa shape index (κ1) is 20.6. The summed E-state index contributed by atoms with van der Waals surface area (Å²) in [7, 11) is 1.64. The molecule has 0 aliphatic carbocycles. The molecule has 0 bridgehead atoms. The number of fused-ring (bicyclic) bond motifs is 1. The summed E-state index contributed by atoms with van der Waals surface area (Å²) in [5, 5.41) is 11.1. The Hall–Kier alpha value is -3.09. The molecule has 3 rings (SSSR count). The molecule has 1 N–H and O–H groups in total. The van der Waals surface area contributed by atoms with Crippen molar-refractivity contribution in [3.63, 3.8) is 0 Å². The van der Waals surface area contributed by atoms with Gasteiger partial charge in [-0.25, -0.2) is 4.79 Å². The number of ether oxygens (including phenoxy) is 4. The summed E-state index contributed by atoms with van der Waals surface area (Å²) < 4.78 is 21.8. The number of hydrogen-bond acceptors (Lipinski definition) is 5. The van der Waals surface area contributed by atoms with Crippen LogP contribution in [0.15, 0.2) is 60.7 Å². The van der Waals surface area contributed by atoms with Crippen molar-refractivity contribution in [2.24, 2.45) is 0 Å². The third kappa shape index (κ3) is 6.20. The highest BCUT2D eigenvalue weighted by molar-refractivity contribution is 5.87. The van der Waals surface area contributed by atoms with Crippen LogP contribution in [0.2, 0.25) is 0 Å². The molecule has 152 valence electrons. The standard InChI is InChI=1S/C23H24O6/c1-26-10-11-27-12-13-28-22-9-6-19-14-17(2-3-20(19)15-22)16-29-21-7-4-18(5-8-21)23(24)25/h2-9,14-15H,10-13,16H2,1H3,(H,24,25). The van der Waals surface area contributed by atoms with Gasteiger partial charge in [0.05, 0.1) is 25.4 Å². The molecule has 0 atom stereocenters. The second-order valence-electron chi connectivity index (χ2n) is 6.42. The molecule has 6 nitrogen and oxygen atoms in total. The van der Waals surface area contributed by atoms with Gasteiger partial charge in [-0.15, -0.1) is 0 Å². The van der Waals surface area contributed by atoms with Crippen molar-refractivity contribution in [3.05, 3.63) is 71.8 Å². The van der Waals surface area contributed by atoms with E-state index in [0.717, 1.165) is 22.1 Å². The molecule has 0 saturated heterocycles. The quantitative estimate of drug-likeness (QED) is 0.491. The van der Waals surface area contributed by atoms with Crippen molar-refractivity contribution in [2.75, 3.05) is 33.5 Å². The SMILES string of the molecule is COCCOCCOc1ccc2cc(COc3ccc(C(=O)O)cc3)ccc2c1. The Morgan fingerprint density at radius 1 is 0.793 bits per heavy atom. The van der Waals surface area contributed by atoms with Gasteiger partial charge in [-0.1, -0.05) is 18.2 Å². The molecular formula is C23H24O6. The Kier molecular flexibility index (Phi) is 7.44. The van der Waals surface area contributed by atoms with Gasteiger partial charge in [0.2, 0.25) is 0 Å². The minimum absolute atomic E-state index is 0.239. The van der Waals surface area contributed by atoms with Gasteiger partial charge in [-0.05, 0) is 58.8 Å². The lowest BCUT2D eigenvalue weighted by Crippen LogP contribution is -2.09. The molecule has 6 heteroatoms. The van der Waals surface area contributed by atoms with Gasteiger partial charge in [0.25, 0.3) is 0 Å². The lowest BCUT2D eigenvalue weighted by Gasteiger charge is -2.10. The van der Waals surface area contributed by atoms with Crippen LogP contribution in [0.4, 0.5) is 0 Å². The highest BCUT2D eigenvalue weighted by atomic mass is 16.5. The number of carboxylic acids is 1. The topological polar surface area (TPSA) is 74.2 Å². The molecule has 0 heterocycles. The number of carboxylic acid groups (broad SMARTS) is 1. The molecule has 3 aromatic rings. The van der Waals surface area contributed by atoms with Gasteiger partial charge in [0.1, 0.15) is 24.7 Å². The molecular weight excluding hydrogens is 372 g/mol. The molecule has 0 saturated carbocycles. The Morgan fingerprint density at radius 3 is 2.24 bits per heavy atom. The lowest BCUT2D eigenvalue weighted by atomic mass is 10.1. The molecule has 0 fully saturated rings. The van der Waals surface area contributed by atoms with Gasteiger partial charge in [0.15, 0.2) is 0 Å². The maximum Gasteiger partial charge on any atom is 0.335 e. The summed E-state index contributed by atoms with van der Waals surface area (Å²) >= 11 is 0. The molecule has 0 spiro atoms. The molecule has 0 amide bonds. The third-order valence-electron chi connectivity index (χ3n) is 4.31. The van der Waals surface area contributed by atoms with E-state index < -0.39 is 5.97 Å². The van der Waals surface area contributed by atoms with Crippen LogP contribution in [-0.2, 0) is 16.1 Å². The number of hydrogen-bond donors (Lipinski definition) is 1. The number of methoxy groups -OCH3 is 1. The summed E-state index contributed by atoms with van der Waals surface area (Å²) in [5.41, 5.74) is 1.27. The van der Waals surface area contributed by atoms with E-state index in [1.807, 2.05) is 30.3 Å². The van der Waals surface area contributed by atoms with Gasteiger partial charge in [0, 0.05) is 7.11 Å². The Labute approximate surface area is 169 Å². The minimum Gasteiger partial charge on any atom is -0.491 e. The van der Waals surface area contributed by atoms with Crippen LogP contribution in [0.25, 0.3) is 10.8 Å². The van der Waals surface area contributed by atoms with Crippen molar-refractivity contribution >= 4 is 16.7 Å². The van der Waals surface area contributed by atoms with Crippen LogP contribution >= 0.6 is 0 Å².